The van der Waals surface area contributed by atoms with Gasteiger partial charge in [0, 0.05) is 23.4 Å². The lowest BCUT2D eigenvalue weighted by molar-refractivity contribution is 0.0667. The molecule has 1 aliphatic heterocycles. The summed E-state index contributed by atoms with van der Waals surface area (Å²) in [7, 11) is 0. The fourth-order valence-electron chi connectivity index (χ4n) is 3.83. The third kappa shape index (κ3) is 3.22. The zero-order valence-corrected chi connectivity index (χ0v) is 16.0. The molecule has 1 atom stereocenters. The maximum atomic E-state index is 13.4. The van der Waals surface area contributed by atoms with Crippen LogP contribution in [0, 0.1) is 5.82 Å². The molecule has 1 amide bonds. The number of carbonyl (C=O) groups excluding carboxylic acids is 1. The quantitative estimate of drug-likeness (QED) is 0.510. The van der Waals surface area contributed by atoms with Gasteiger partial charge in [0.2, 0.25) is 0 Å². The Morgan fingerprint density at radius 1 is 0.933 bits per heavy atom. The Hall–Kier alpha value is -3.93. The van der Waals surface area contributed by atoms with E-state index in [0.29, 0.717) is 12.1 Å². The Balaban J connectivity index is 1.59. The molecule has 6 heteroatoms. The zero-order chi connectivity index (χ0) is 20.5. The summed E-state index contributed by atoms with van der Waals surface area (Å²) < 4.78 is 13.4. The van der Waals surface area contributed by atoms with Gasteiger partial charge in [0.05, 0.1) is 17.5 Å². The molecule has 5 rings (SSSR count). The topological polar surface area (TPSA) is 61.0 Å². The molecule has 0 bridgehead atoms. The number of benzene rings is 3. The maximum Gasteiger partial charge on any atom is 0.258 e. The van der Waals surface area contributed by atoms with E-state index in [9.17, 15) is 9.18 Å². The van der Waals surface area contributed by atoms with Crippen LogP contribution in [0.2, 0.25) is 0 Å². The van der Waals surface area contributed by atoms with E-state index >= 15 is 0 Å². The molecule has 4 aromatic rings. The SMILES string of the molecule is O=C1c2ccccc2N[C@@H](c2cn[nH]c2-c2ccc(F)cc2)N1Cc1ccccc1. The smallest absolute Gasteiger partial charge is 0.258 e. The molecule has 0 saturated carbocycles. The molecule has 148 valence electrons. The minimum atomic E-state index is -0.425. The van der Waals surface area contributed by atoms with Crippen LogP contribution in [0.25, 0.3) is 11.3 Å². The average molecular weight is 398 g/mol. The van der Waals surface area contributed by atoms with Gasteiger partial charge in [0.25, 0.3) is 5.91 Å². The van der Waals surface area contributed by atoms with Gasteiger partial charge < -0.3 is 10.2 Å². The second kappa shape index (κ2) is 7.48. The van der Waals surface area contributed by atoms with Gasteiger partial charge >= 0.3 is 0 Å². The number of carbonyl (C=O) groups is 1. The predicted molar refractivity (Wildman–Crippen MR) is 113 cm³/mol. The first-order valence-electron chi connectivity index (χ1n) is 9.70. The van der Waals surface area contributed by atoms with Crippen LogP contribution in [0.5, 0.6) is 0 Å². The highest BCUT2D eigenvalue weighted by atomic mass is 19.1. The molecular formula is C24H19FN4O. The third-order valence-electron chi connectivity index (χ3n) is 5.31. The highest BCUT2D eigenvalue weighted by Gasteiger charge is 2.34. The van der Waals surface area contributed by atoms with Gasteiger partial charge in [-0.3, -0.25) is 9.89 Å². The lowest BCUT2D eigenvalue weighted by atomic mass is 10.0. The number of rotatable bonds is 4. The van der Waals surface area contributed by atoms with E-state index in [-0.39, 0.29) is 11.7 Å². The lowest BCUT2D eigenvalue weighted by Crippen LogP contribution is -2.42. The molecule has 0 fully saturated rings. The Bertz CT molecular complexity index is 1190. The van der Waals surface area contributed by atoms with Gasteiger partial charge in [-0.15, -0.1) is 0 Å². The van der Waals surface area contributed by atoms with Gasteiger partial charge in [0.1, 0.15) is 12.0 Å². The maximum absolute atomic E-state index is 13.4. The number of hydrogen-bond donors (Lipinski definition) is 2. The first-order valence-corrected chi connectivity index (χ1v) is 9.70. The van der Waals surface area contributed by atoms with E-state index in [1.807, 2.05) is 54.6 Å². The summed E-state index contributed by atoms with van der Waals surface area (Å²) in [6.07, 6.45) is 1.29. The molecule has 3 aromatic carbocycles. The number of anilines is 1. The number of aromatic amines is 1. The summed E-state index contributed by atoms with van der Waals surface area (Å²) in [5.41, 5.74) is 4.82. The Kier molecular flexibility index (Phi) is 4.52. The second-order valence-corrected chi connectivity index (χ2v) is 7.22. The fourth-order valence-corrected chi connectivity index (χ4v) is 3.83. The molecular weight excluding hydrogens is 379 g/mol. The van der Waals surface area contributed by atoms with Crippen molar-refractivity contribution in [2.45, 2.75) is 12.7 Å². The van der Waals surface area contributed by atoms with Crippen LogP contribution in [0.15, 0.2) is 85.1 Å². The van der Waals surface area contributed by atoms with Gasteiger partial charge in [-0.25, -0.2) is 4.39 Å². The molecule has 1 aromatic heterocycles. The summed E-state index contributed by atoms with van der Waals surface area (Å²) in [6, 6.07) is 23.6. The number of para-hydroxylation sites is 1. The number of hydrogen-bond acceptors (Lipinski definition) is 3. The molecule has 0 radical (unpaired) electrons. The van der Waals surface area contributed by atoms with Crippen LogP contribution < -0.4 is 5.32 Å². The predicted octanol–water partition coefficient (Wildman–Crippen LogP) is 4.98. The van der Waals surface area contributed by atoms with Gasteiger partial charge in [-0.05, 0) is 42.0 Å². The van der Waals surface area contributed by atoms with Crippen molar-refractivity contribution < 1.29 is 9.18 Å². The highest BCUT2D eigenvalue weighted by Crippen LogP contribution is 2.37. The summed E-state index contributed by atoms with van der Waals surface area (Å²) in [5, 5.41) is 10.7. The fraction of sp³-hybridized carbons (Fsp3) is 0.0833. The molecule has 2 heterocycles. The molecule has 2 N–H and O–H groups in total. The number of nitrogens with one attached hydrogen (secondary N) is 2. The van der Waals surface area contributed by atoms with Crippen LogP contribution in [-0.4, -0.2) is 21.0 Å². The normalized spacial score (nSPS) is 15.6. The van der Waals surface area contributed by atoms with Crippen LogP contribution >= 0.6 is 0 Å². The molecule has 30 heavy (non-hydrogen) atoms. The third-order valence-corrected chi connectivity index (χ3v) is 5.31. The average Bonchev–Trinajstić information content (AvgIpc) is 3.26. The largest absolute Gasteiger partial charge is 0.361 e. The van der Waals surface area contributed by atoms with Crippen molar-refractivity contribution in [2.24, 2.45) is 0 Å². The number of nitrogens with zero attached hydrogens (tertiary/aromatic N) is 2. The monoisotopic (exact) mass is 398 g/mol. The summed E-state index contributed by atoms with van der Waals surface area (Å²) in [6.45, 7) is 0.444. The van der Waals surface area contributed by atoms with Gasteiger partial charge in [-0.1, -0.05) is 42.5 Å². The van der Waals surface area contributed by atoms with Crippen LogP contribution in [0.4, 0.5) is 10.1 Å². The minimum absolute atomic E-state index is 0.0514. The van der Waals surface area contributed by atoms with Gasteiger partial charge in [-0.2, -0.15) is 5.10 Å². The number of aromatic nitrogens is 2. The Morgan fingerprint density at radius 3 is 2.47 bits per heavy atom. The standard InChI is InChI=1S/C24H19FN4O/c25-18-12-10-17(11-13-18)22-20(14-26-28-22)23-27-21-9-5-4-8-19(21)24(30)29(23)15-16-6-2-1-3-7-16/h1-14,23,27H,15H2,(H,26,28)/t23-/m1/s1. The minimum Gasteiger partial charge on any atom is -0.361 e. The van der Waals surface area contributed by atoms with E-state index in [1.165, 1.54) is 12.1 Å². The van der Waals surface area contributed by atoms with Crippen LogP contribution in [0.3, 0.4) is 0 Å². The first-order chi connectivity index (χ1) is 14.7. The number of amides is 1. The van der Waals surface area contributed by atoms with Crippen LogP contribution in [0.1, 0.15) is 27.7 Å². The van der Waals surface area contributed by atoms with Crippen molar-refractivity contribution in [3.8, 4) is 11.3 Å². The van der Waals surface area contributed by atoms with Crippen molar-refractivity contribution >= 4 is 11.6 Å². The molecule has 1 aliphatic rings. The van der Waals surface area contributed by atoms with Crippen LogP contribution in [-0.2, 0) is 6.54 Å². The summed E-state index contributed by atoms with van der Waals surface area (Å²) >= 11 is 0. The summed E-state index contributed by atoms with van der Waals surface area (Å²) in [4.78, 5) is 15.2. The van der Waals surface area contributed by atoms with Crippen molar-refractivity contribution in [3.63, 3.8) is 0 Å². The highest BCUT2D eigenvalue weighted by molar-refractivity contribution is 6.01. The van der Waals surface area contributed by atoms with Crippen molar-refractivity contribution in [1.29, 1.82) is 0 Å². The molecule has 0 spiro atoms. The molecule has 0 unspecified atom stereocenters. The van der Waals surface area contributed by atoms with Gasteiger partial charge in [0.15, 0.2) is 0 Å². The van der Waals surface area contributed by atoms with E-state index < -0.39 is 6.17 Å². The Morgan fingerprint density at radius 2 is 1.67 bits per heavy atom. The van der Waals surface area contributed by atoms with E-state index in [0.717, 1.165) is 28.1 Å². The van der Waals surface area contributed by atoms with Crippen molar-refractivity contribution in [2.75, 3.05) is 5.32 Å². The number of H-pyrrole nitrogens is 1. The summed E-state index contributed by atoms with van der Waals surface area (Å²) in [5.74, 6) is -0.352. The molecule has 0 aliphatic carbocycles. The zero-order valence-electron chi connectivity index (χ0n) is 16.0. The number of halogens is 1. The lowest BCUT2D eigenvalue weighted by Gasteiger charge is -2.38. The van der Waals surface area contributed by atoms with E-state index in [4.69, 9.17) is 0 Å². The van der Waals surface area contributed by atoms with Crippen molar-refractivity contribution in [3.05, 3.63) is 108 Å². The second-order valence-electron chi connectivity index (χ2n) is 7.22. The van der Waals surface area contributed by atoms with Crippen molar-refractivity contribution in [1.82, 2.24) is 15.1 Å². The number of fused-ring (bicyclic) bond motifs is 1. The van der Waals surface area contributed by atoms with E-state index in [1.54, 1.807) is 23.2 Å². The first kappa shape index (κ1) is 18.1. The Labute approximate surface area is 173 Å². The molecule has 0 saturated heterocycles. The molecule has 5 nitrogen and oxygen atoms in total. The van der Waals surface area contributed by atoms with E-state index in [2.05, 4.69) is 15.5 Å².